The largest absolute Gasteiger partial charge is 0.384 e. The van der Waals surface area contributed by atoms with Crippen molar-refractivity contribution in [2.75, 3.05) is 24.8 Å². The van der Waals surface area contributed by atoms with E-state index in [1.54, 1.807) is 13.2 Å². The molecule has 0 radical (unpaired) electrons. The molecule has 0 amide bonds. The number of hydrogen-bond donors (Lipinski definition) is 2. The van der Waals surface area contributed by atoms with Gasteiger partial charge in [0, 0.05) is 13.2 Å². The lowest BCUT2D eigenvalue weighted by molar-refractivity contribution is 0.190. The van der Waals surface area contributed by atoms with Gasteiger partial charge in [0.25, 0.3) is 0 Å². The van der Waals surface area contributed by atoms with Crippen LogP contribution in [0.15, 0.2) is 18.2 Å². The Morgan fingerprint density at radius 3 is 3.00 bits per heavy atom. The van der Waals surface area contributed by atoms with Gasteiger partial charge in [0.1, 0.15) is 11.6 Å². The Hall–Kier alpha value is -1.29. The average molecular weight is 181 g/mol. The van der Waals surface area contributed by atoms with Crippen LogP contribution >= 0.6 is 0 Å². The van der Waals surface area contributed by atoms with Crippen LogP contribution in [-0.2, 0) is 4.74 Å². The minimum atomic E-state index is 0.235. The molecule has 0 aromatic carbocycles. The minimum Gasteiger partial charge on any atom is -0.384 e. The Bertz CT molecular complexity index is 265. The van der Waals surface area contributed by atoms with E-state index < -0.39 is 0 Å². The standard InChI is InChI=1S/C9H15N3O/c1-7(6-13-2)11-9-5-3-4-8(10)12-9/h3-5,7H,6H2,1-2H3,(H3,10,11,12). The summed E-state index contributed by atoms with van der Waals surface area (Å²) in [6.07, 6.45) is 0. The third-order valence-corrected chi connectivity index (χ3v) is 1.58. The van der Waals surface area contributed by atoms with Gasteiger partial charge in [0.2, 0.25) is 0 Å². The molecule has 0 saturated heterocycles. The summed E-state index contributed by atoms with van der Waals surface area (Å²) >= 11 is 0. The molecule has 0 spiro atoms. The van der Waals surface area contributed by atoms with E-state index in [1.165, 1.54) is 0 Å². The number of aromatic nitrogens is 1. The molecule has 72 valence electrons. The van der Waals surface area contributed by atoms with Gasteiger partial charge in [-0.05, 0) is 19.1 Å². The minimum absolute atomic E-state index is 0.235. The summed E-state index contributed by atoms with van der Waals surface area (Å²) < 4.78 is 4.98. The van der Waals surface area contributed by atoms with Crippen molar-refractivity contribution in [1.29, 1.82) is 0 Å². The SMILES string of the molecule is COCC(C)Nc1cccc(N)n1. The molecular formula is C9H15N3O. The van der Waals surface area contributed by atoms with Crippen molar-refractivity contribution >= 4 is 11.6 Å². The normalized spacial score (nSPS) is 12.5. The van der Waals surface area contributed by atoms with Gasteiger partial charge in [-0.3, -0.25) is 0 Å². The third-order valence-electron chi connectivity index (χ3n) is 1.58. The highest BCUT2D eigenvalue weighted by Gasteiger charge is 2.01. The number of nitrogen functional groups attached to an aromatic ring is 1. The van der Waals surface area contributed by atoms with Gasteiger partial charge >= 0.3 is 0 Å². The van der Waals surface area contributed by atoms with Crippen LogP contribution in [0, 0.1) is 0 Å². The van der Waals surface area contributed by atoms with Crippen LogP contribution in [0.3, 0.4) is 0 Å². The fraction of sp³-hybridized carbons (Fsp3) is 0.444. The van der Waals surface area contributed by atoms with Crippen LogP contribution in [0.25, 0.3) is 0 Å². The Morgan fingerprint density at radius 2 is 2.38 bits per heavy atom. The predicted molar refractivity (Wildman–Crippen MR) is 53.6 cm³/mol. The van der Waals surface area contributed by atoms with Gasteiger partial charge in [0.15, 0.2) is 0 Å². The van der Waals surface area contributed by atoms with Crippen molar-refractivity contribution in [2.45, 2.75) is 13.0 Å². The van der Waals surface area contributed by atoms with Gasteiger partial charge in [-0.2, -0.15) is 0 Å². The smallest absolute Gasteiger partial charge is 0.128 e. The van der Waals surface area contributed by atoms with Gasteiger partial charge in [-0.1, -0.05) is 6.07 Å². The van der Waals surface area contributed by atoms with E-state index in [0.717, 1.165) is 5.82 Å². The molecule has 13 heavy (non-hydrogen) atoms. The monoisotopic (exact) mass is 181 g/mol. The van der Waals surface area contributed by atoms with E-state index in [9.17, 15) is 0 Å². The molecule has 1 heterocycles. The predicted octanol–water partition coefficient (Wildman–Crippen LogP) is 1.11. The van der Waals surface area contributed by atoms with Crippen LogP contribution in [0.1, 0.15) is 6.92 Å². The highest BCUT2D eigenvalue weighted by atomic mass is 16.5. The van der Waals surface area contributed by atoms with Gasteiger partial charge in [-0.15, -0.1) is 0 Å². The van der Waals surface area contributed by atoms with Gasteiger partial charge in [-0.25, -0.2) is 4.98 Å². The molecule has 1 unspecified atom stereocenters. The number of pyridine rings is 1. The zero-order valence-corrected chi connectivity index (χ0v) is 7.95. The van der Waals surface area contributed by atoms with Crippen molar-refractivity contribution in [2.24, 2.45) is 0 Å². The molecule has 0 fully saturated rings. The van der Waals surface area contributed by atoms with Crippen molar-refractivity contribution in [3.63, 3.8) is 0 Å². The highest BCUT2D eigenvalue weighted by Crippen LogP contribution is 2.06. The molecule has 0 saturated carbocycles. The Kier molecular flexibility index (Phi) is 3.52. The number of methoxy groups -OCH3 is 1. The summed E-state index contributed by atoms with van der Waals surface area (Å²) in [6.45, 7) is 2.67. The van der Waals surface area contributed by atoms with E-state index in [0.29, 0.717) is 12.4 Å². The van der Waals surface area contributed by atoms with Crippen LogP contribution in [0.4, 0.5) is 11.6 Å². The van der Waals surface area contributed by atoms with E-state index in [4.69, 9.17) is 10.5 Å². The molecule has 1 aromatic rings. The molecule has 0 aliphatic rings. The first-order valence-electron chi connectivity index (χ1n) is 4.20. The number of ether oxygens (including phenoxy) is 1. The van der Waals surface area contributed by atoms with Gasteiger partial charge < -0.3 is 15.8 Å². The van der Waals surface area contributed by atoms with E-state index >= 15 is 0 Å². The zero-order valence-electron chi connectivity index (χ0n) is 7.95. The number of hydrogen-bond acceptors (Lipinski definition) is 4. The molecule has 1 aromatic heterocycles. The van der Waals surface area contributed by atoms with E-state index in [-0.39, 0.29) is 6.04 Å². The highest BCUT2D eigenvalue weighted by molar-refractivity contribution is 5.42. The summed E-state index contributed by atoms with van der Waals surface area (Å²) in [4.78, 5) is 4.11. The number of nitrogens with one attached hydrogen (secondary N) is 1. The van der Waals surface area contributed by atoms with Crippen LogP contribution in [0.5, 0.6) is 0 Å². The topological polar surface area (TPSA) is 60.2 Å². The molecule has 4 nitrogen and oxygen atoms in total. The first kappa shape index (κ1) is 9.80. The number of rotatable bonds is 4. The Balaban J connectivity index is 2.53. The summed E-state index contributed by atoms with van der Waals surface area (Å²) in [5, 5.41) is 3.17. The van der Waals surface area contributed by atoms with Crippen LogP contribution < -0.4 is 11.1 Å². The molecule has 1 atom stereocenters. The lowest BCUT2D eigenvalue weighted by atomic mass is 10.3. The number of anilines is 2. The van der Waals surface area contributed by atoms with Crippen molar-refractivity contribution in [3.8, 4) is 0 Å². The zero-order chi connectivity index (χ0) is 9.68. The van der Waals surface area contributed by atoms with Crippen LogP contribution in [-0.4, -0.2) is 24.7 Å². The molecule has 4 heteroatoms. The molecule has 0 aliphatic heterocycles. The van der Waals surface area contributed by atoms with Crippen molar-refractivity contribution in [3.05, 3.63) is 18.2 Å². The summed E-state index contributed by atoms with van der Waals surface area (Å²) in [6, 6.07) is 5.73. The molecule has 0 bridgehead atoms. The maximum absolute atomic E-state index is 5.53. The average Bonchev–Trinajstić information content (AvgIpc) is 2.04. The number of nitrogens with zero attached hydrogens (tertiary/aromatic N) is 1. The van der Waals surface area contributed by atoms with Gasteiger partial charge in [0.05, 0.1) is 6.61 Å². The van der Waals surface area contributed by atoms with Crippen molar-refractivity contribution < 1.29 is 4.74 Å². The summed E-state index contributed by atoms with van der Waals surface area (Å²) in [7, 11) is 1.67. The first-order chi connectivity index (χ1) is 6.22. The Labute approximate surface area is 78.1 Å². The lowest BCUT2D eigenvalue weighted by Crippen LogP contribution is -2.21. The third kappa shape index (κ3) is 3.29. The second kappa shape index (κ2) is 4.67. The quantitative estimate of drug-likeness (QED) is 0.730. The fourth-order valence-corrected chi connectivity index (χ4v) is 1.08. The fourth-order valence-electron chi connectivity index (χ4n) is 1.08. The maximum atomic E-state index is 5.53. The summed E-state index contributed by atoms with van der Waals surface area (Å²) in [5.74, 6) is 1.30. The van der Waals surface area contributed by atoms with Crippen molar-refractivity contribution in [1.82, 2.24) is 4.98 Å². The molecule has 3 N–H and O–H groups in total. The number of nitrogens with two attached hydrogens (primary N) is 1. The molecule has 0 aliphatic carbocycles. The second-order valence-corrected chi connectivity index (χ2v) is 2.95. The first-order valence-corrected chi connectivity index (χ1v) is 4.20. The second-order valence-electron chi connectivity index (χ2n) is 2.95. The van der Waals surface area contributed by atoms with E-state index in [1.807, 2.05) is 19.1 Å². The molecule has 1 rings (SSSR count). The summed E-state index contributed by atoms with van der Waals surface area (Å²) in [5.41, 5.74) is 5.53. The lowest BCUT2D eigenvalue weighted by Gasteiger charge is -2.13. The molecular weight excluding hydrogens is 166 g/mol. The maximum Gasteiger partial charge on any atom is 0.128 e. The van der Waals surface area contributed by atoms with E-state index in [2.05, 4.69) is 10.3 Å². The van der Waals surface area contributed by atoms with Crippen LogP contribution in [0.2, 0.25) is 0 Å². The Morgan fingerprint density at radius 1 is 1.62 bits per heavy atom.